The number of carbonyl (C=O) groups is 4. The van der Waals surface area contributed by atoms with Gasteiger partial charge in [0, 0.05) is 66.5 Å². The molecular weight excluding hydrogens is 873 g/mol. The second-order valence-corrected chi connectivity index (χ2v) is 18.1. The molecule has 12 heteroatoms. The van der Waals surface area contributed by atoms with E-state index in [1.54, 1.807) is 24.0 Å². The number of nitrogens with zero attached hydrogens (tertiary/aromatic N) is 2. The maximum Gasteiger partial charge on any atom is 0.331 e. The minimum atomic E-state index is -0.616. The zero-order chi connectivity index (χ0) is 47.1. The van der Waals surface area contributed by atoms with Gasteiger partial charge in [-0.2, -0.15) is 0 Å². The second kappa shape index (κ2) is 21.9. The SMILES string of the molecule is C.CC1OC(=O)[C@@H]2C=C3CC4(CC[C@H]3[C@H](C(=O)N(c3ccccc3)c3ccccc3)[C@H]12)OCCO4.C[C@H](/C=C\C(=O)N(c1ccccc1)c1ccccc1)OC(=O)/C=C/C1=CCCC2(C1)OCCO2. The first kappa shape index (κ1) is 49.0. The van der Waals surface area contributed by atoms with Gasteiger partial charge in [-0.15, -0.1) is 0 Å². The maximum atomic E-state index is 14.5. The van der Waals surface area contributed by atoms with Crippen molar-refractivity contribution < 1.29 is 47.6 Å². The highest BCUT2D eigenvalue weighted by atomic mass is 16.7. The predicted octanol–water partition coefficient (Wildman–Crippen LogP) is 10.5. The average molecular weight is 935 g/mol. The van der Waals surface area contributed by atoms with Crippen LogP contribution in [-0.2, 0) is 47.6 Å². The van der Waals surface area contributed by atoms with E-state index in [4.69, 9.17) is 28.4 Å². The van der Waals surface area contributed by atoms with Crippen LogP contribution in [-0.4, -0.2) is 74.0 Å². The minimum Gasteiger partial charge on any atom is -0.462 e. The number of esters is 2. The Balaban J connectivity index is 0.000000183. The summed E-state index contributed by atoms with van der Waals surface area (Å²) in [5, 5.41) is 0. The molecule has 3 heterocycles. The fourth-order valence-corrected chi connectivity index (χ4v) is 10.6. The zero-order valence-corrected chi connectivity index (χ0v) is 38.5. The molecule has 12 nitrogen and oxygen atoms in total. The fraction of sp³-hybridized carbons (Fsp3) is 0.368. The van der Waals surface area contributed by atoms with Gasteiger partial charge in [0.05, 0.1) is 38.3 Å². The summed E-state index contributed by atoms with van der Waals surface area (Å²) in [5.74, 6) is -3.04. The van der Waals surface area contributed by atoms with Gasteiger partial charge >= 0.3 is 11.9 Å². The first-order valence-electron chi connectivity index (χ1n) is 23.7. The third-order valence-corrected chi connectivity index (χ3v) is 13.6. The molecule has 6 atom stereocenters. The van der Waals surface area contributed by atoms with Crippen molar-refractivity contribution in [3.63, 3.8) is 0 Å². The van der Waals surface area contributed by atoms with Gasteiger partial charge in [0.15, 0.2) is 11.6 Å². The van der Waals surface area contributed by atoms with Gasteiger partial charge in [0.1, 0.15) is 12.2 Å². The van der Waals surface area contributed by atoms with Crippen LogP contribution in [0, 0.1) is 23.7 Å². The number of para-hydroxylation sites is 4. The summed E-state index contributed by atoms with van der Waals surface area (Å²) in [7, 11) is 0. The number of benzene rings is 4. The molecule has 3 aliphatic carbocycles. The molecule has 3 aliphatic heterocycles. The Morgan fingerprint density at radius 3 is 1.74 bits per heavy atom. The highest BCUT2D eigenvalue weighted by Crippen LogP contribution is 2.54. The maximum absolute atomic E-state index is 14.5. The van der Waals surface area contributed by atoms with Gasteiger partial charge in [0.25, 0.3) is 5.91 Å². The van der Waals surface area contributed by atoms with E-state index < -0.39 is 29.6 Å². The summed E-state index contributed by atoms with van der Waals surface area (Å²) in [6.45, 7) is 6.02. The molecule has 10 rings (SSSR count). The number of carbonyl (C=O) groups excluding carboxylic acids is 4. The molecule has 0 aromatic heterocycles. The lowest BCUT2D eigenvalue weighted by Crippen LogP contribution is -2.50. The molecule has 0 bridgehead atoms. The molecule has 1 unspecified atom stereocenters. The lowest BCUT2D eigenvalue weighted by Gasteiger charge is -2.46. The Morgan fingerprint density at radius 2 is 1.20 bits per heavy atom. The van der Waals surface area contributed by atoms with Gasteiger partial charge in [-0.1, -0.05) is 104 Å². The quantitative estimate of drug-likeness (QED) is 0.0861. The van der Waals surface area contributed by atoms with E-state index in [9.17, 15) is 19.2 Å². The third kappa shape index (κ3) is 11.1. The Morgan fingerprint density at radius 1 is 0.696 bits per heavy atom. The molecule has 2 spiro atoms. The van der Waals surface area contributed by atoms with Crippen LogP contribution in [0.15, 0.2) is 169 Å². The van der Waals surface area contributed by atoms with Crippen molar-refractivity contribution in [2.24, 2.45) is 23.7 Å². The van der Waals surface area contributed by atoms with Gasteiger partial charge in [-0.25, -0.2) is 4.79 Å². The van der Waals surface area contributed by atoms with Crippen LogP contribution < -0.4 is 9.80 Å². The summed E-state index contributed by atoms with van der Waals surface area (Å²) in [6.07, 6.45) is 13.9. The first-order valence-corrected chi connectivity index (χ1v) is 23.7. The fourth-order valence-electron chi connectivity index (χ4n) is 10.6. The standard InChI is InChI=1S/2C28H29NO5.CH4/c1-18-24-23(27(31)34-18)16-19-17-28(32-14-15-33-28)13-12-22(19)25(24)26(30)29(20-8-4-2-5-9-20)21-10-6-3-7-11-21;1-22(34-27(31)17-15-23-9-8-18-28(21-23)32-19-20-33-28)14-16-26(30)29(24-10-4-2-5-11-24)25-12-6-3-7-13-25;/h2-11,16,18,22-25H,12-15,17H2,1H3;2-7,9-17,22H,8,18-21H2,1H3;1H4/b;16-14-,17-15+;/t18?,22-,23-,24-,25+;22-;/m11./s1. The Hall–Kier alpha value is -6.44. The Bertz CT molecular complexity index is 2450. The predicted molar refractivity (Wildman–Crippen MR) is 263 cm³/mol. The molecule has 4 aromatic rings. The molecule has 1 saturated carbocycles. The smallest absolute Gasteiger partial charge is 0.331 e. The zero-order valence-electron chi connectivity index (χ0n) is 38.5. The lowest BCUT2D eigenvalue weighted by atomic mass is 9.61. The summed E-state index contributed by atoms with van der Waals surface area (Å²) in [6, 6.07) is 38.3. The Kier molecular flexibility index (Phi) is 15.5. The first-order chi connectivity index (χ1) is 33.1. The number of anilines is 4. The van der Waals surface area contributed by atoms with Crippen LogP contribution in [0.25, 0.3) is 0 Å². The molecule has 6 aliphatic rings. The number of amides is 2. The third-order valence-electron chi connectivity index (χ3n) is 13.6. The highest BCUT2D eigenvalue weighted by Gasteiger charge is 2.57. The van der Waals surface area contributed by atoms with Crippen molar-refractivity contribution in [2.75, 3.05) is 36.2 Å². The molecule has 0 radical (unpaired) electrons. The second-order valence-electron chi connectivity index (χ2n) is 18.1. The van der Waals surface area contributed by atoms with Crippen LogP contribution in [0.4, 0.5) is 22.7 Å². The summed E-state index contributed by atoms with van der Waals surface area (Å²) < 4.78 is 34.6. The van der Waals surface area contributed by atoms with Crippen molar-refractivity contribution in [1.82, 2.24) is 0 Å². The van der Waals surface area contributed by atoms with E-state index in [1.165, 1.54) is 12.2 Å². The van der Waals surface area contributed by atoms with Crippen LogP contribution in [0.1, 0.15) is 59.8 Å². The molecule has 69 heavy (non-hydrogen) atoms. The van der Waals surface area contributed by atoms with Crippen LogP contribution in [0.5, 0.6) is 0 Å². The topological polar surface area (TPSA) is 130 Å². The molecular formula is C57H62N2O10. The molecule has 0 N–H and O–H groups in total. The van der Waals surface area contributed by atoms with Crippen molar-refractivity contribution in [1.29, 1.82) is 0 Å². The molecule has 3 saturated heterocycles. The van der Waals surface area contributed by atoms with Gasteiger partial charge in [-0.05, 0) is 92.8 Å². The number of hydrogen-bond acceptors (Lipinski definition) is 10. The van der Waals surface area contributed by atoms with Crippen molar-refractivity contribution in [3.05, 3.63) is 169 Å². The van der Waals surface area contributed by atoms with Gasteiger partial charge in [0.2, 0.25) is 5.91 Å². The number of allylic oxidation sites excluding steroid dienone is 2. The molecule has 2 amide bonds. The molecule has 4 aromatic carbocycles. The van der Waals surface area contributed by atoms with Gasteiger partial charge < -0.3 is 28.4 Å². The highest BCUT2D eigenvalue weighted by molar-refractivity contribution is 6.07. The van der Waals surface area contributed by atoms with Crippen LogP contribution in [0.2, 0.25) is 0 Å². The number of cyclic esters (lactones) is 1. The summed E-state index contributed by atoms with van der Waals surface area (Å²) in [4.78, 5) is 56.1. The van der Waals surface area contributed by atoms with E-state index in [-0.39, 0.29) is 49.1 Å². The van der Waals surface area contributed by atoms with Crippen LogP contribution in [0.3, 0.4) is 0 Å². The number of rotatable bonds is 10. The largest absolute Gasteiger partial charge is 0.462 e. The minimum absolute atomic E-state index is 0. The van der Waals surface area contributed by atoms with E-state index in [1.807, 2.05) is 133 Å². The summed E-state index contributed by atoms with van der Waals surface area (Å²) in [5.41, 5.74) is 5.23. The number of fused-ring (bicyclic) bond motifs is 2. The Labute approximate surface area is 405 Å². The van der Waals surface area contributed by atoms with Crippen molar-refractivity contribution >= 4 is 46.5 Å². The van der Waals surface area contributed by atoms with E-state index >= 15 is 0 Å². The monoisotopic (exact) mass is 934 g/mol. The molecule has 360 valence electrons. The van der Waals surface area contributed by atoms with E-state index in [2.05, 4.69) is 12.2 Å². The number of hydrogen-bond donors (Lipinski definition) is 0. The average Bonchev–Trinajstić information content (AvgIpc) is 4.09. The van der Waals surface area contributed by atoms with Crippen LogP contribution >= 0.6 is 0 Å². The number of ether oxygens (including phenoxy) is 6. The lowest BCUT2D eigenvalue weighted by molar-refractivity contribution is -0.175. The van der Waals surface area contributed by atoms with Crippen molar-refractivity contribution in [3.8, 4) is 0 Å². The van der Waals surface area contributed by atoms with Crippen molar-refractivity contribution in [2.45, 2.75) is 83.6 Å². The normalized spacial score (nSPS) is 24.4. The van der Waals surface area contributed by atoms with E-state index in [0.29, 0.717) is 39.3 Å². The molecule has 4 fully saturated rings. The summed E-state index contributed by atoms with van der Waals surface area (Å²) >= 11 is 0. The van der Waals surface area contributed by atoms with Gasteiger partial charge in [-0.3, -0.25) is 24.2 Å². The van der Waals surface area contributed by atoms with E-state index in [0.717, 1.165) is 59.6 Å².